The molecular weight excluding hydrogens is 310 g/mol. The molecule has 2 atom stereocenters. The average molecular weight is 327 g/mol. The number of ether oxygens (including phenoxy) is 3. The number of carbonyl (C=O) groups is 2. The van der Waals surface area contributed by atoms with Crippen molar-refractivity contribution in [3.8, 4) is 11.5 Å². The molecule has 0 aromatic heterocycles. The van der Waals surface area contributed by atoms with E-state index < -0.39 is 34.8 Å². The second-order valence-electron chi connectivity index (χ2n) is 4.58. The quantitative estimate of drug-likeness (QED) is 0.331. The molecule has 0 aliphatic rings. The molecule has 0 amide bonds. The maximum absolute atomic E-state index is 11.8. The Hall–Kier alpha value is -2.84. The van der Waals surface area contributed by atoms with E-state index in [0.29, 0.717) is 6.42 Å². The van der Waals surface area contributed by atoms with Gasteiger partial charge in [-0.15, -0.1) is 0 Å². The van der Waals surface area contributed by atoms with Gasteiger partial charge in [0.25, 0.3) is 6.10 Å². The van der Waals surface area contributed by atoms with E-state index in [9.17, 15) is 19.7 Å². The summed E-state index contributed by atoms with van der Waals surface area (Å²) >= 11 is 0. The van der Waals surface area contributed by atoms with Crippen LogP contribution in [0.15, 0.2) is 18.2 Å². The maximum Gasteiger partial charge on any atom is 0.359 e. The molecule has 1 aromatic rings. The summed E-state index contributed by atoms with van der Waals surface area (Å²) in [4.78, 5) is 33.3. The SMILES string of the molecule is CCC(C)OC(=O)C(Oc1ccc(OC)cc1[N+](=O)[O-])C(=O)O. The van der Waals surface area contributed by atoms with Crippen LogP contribution in [0.5, 0.6) is 11.5 Å². The van der Waals surface area contributed by atoms with E-state index in [2.05, 4.69) is 0 Å². The molecule has 0 saturated carbocycles. The molecule has 9 heteroatoms. The van der Waals surface area contributed by atoms with Gasteiger partial charge in [0.2, 0.25) is 0 Å². The Morgan fingerprint density at radius 2 is 2.04 bits per heavy atom. The molecule has 0 saturated heterocycles. The van der Waals surface area contributed by atoms with Crippen LogP contribution in [0.25, 0.3) is 0 Å². The summed E-state index contributed by atoms with van der Waals surface area (Å²) in [5.74, 6) is -2.91. The van der Waals surface area contributed by atoms with Gasteiger partial charge >= 0.3 is 17.6 Å². The van der Waals surface area contributed by atoms with E-state index in [1.807, 2.05) is 0 Å². The number of methoxy groups -OCH3 is 1. The normalized spacial score (nSPS) is 12.8. The van der Waals surface area contributed by atoms with E-state index in [1.165, 1.54) is 13.2 Å². The van der Waals surface area contributed by atoms with Gasteiger partial charge in [-0.25, -0.2) is 9.59 Å². The summed E-state index contributed by atoms with van der Waals surface area (Å²) in [5, 5.41) is 20.1. The minimum Gasteiger partial charge on any atom is -0.496 e. The molecule has 0 radical (unpaired) electrons. The number of nitro benzene ring substituents is 1. The molecule has 0 aliphatic heterocycles. The fourth-order valence-electron chi connectivity index (χ4n) is 1.54. The number of hydrogen-bond acceptors (Lipinski definition) is 7. The highest BCUT2D eigenvalue weighted by atomic mass is 16.6. The lowest BCUT2D eigenvalue weighted by Crippen LogP contribution is -2.38. The molecule has 1 aromatic carbocycles. The number of aliphatic carboxylic acids is 1. The van der Waals surface area contributed by atoms with Crippen LogP contribution in [0.1, 0.15) is 20.3 Å². The van der Waals surface area contributed by atoms with E-state index >= 15 is 0 Å². The smallest absolute Gasteiger partial charge is 0.359 e. The first-order valence-corrected chi connectivity index (χ1v) is 6.72. The fraction of sp³-hybridized carbons (Fsp3) is 0.429. The van der Waals surface area contributed by atoms with E-state index in [-0.39, 0.29) is 11.5 Å². The van der Waals surface area contributed by atoms with Crippen LogP contribution in [0.2, 0.25) is 0 Å². The van der Waals surface area contributed by atoms with Crippen LogP contribution in [-0.4, -0.2) is 41.3 Å². The number of esters is 1. The van der Waals surface area contributed by atoms with Crippen molar-refractivity contribution in [2.45, 2.75) is 32.5 Å². The molecule has 0 fully saturated rings. The van der Waals surface area contributed by atoms with Crippen molar-refractivity contribution < 1.29 is 33.8 Å². The number of nitro groups is 1. The lowest BCUT2D eigenvalue weighted by Gasteiger charge is -2.17. The maximum atomic E-state index is 11.8. The highest BCUT2D eigenvalue weighted by Gasteiger charge is 2.33. The van der Waals surface area contributed by atoms with E-state index in [1.54, 1.807) is 13.8 Å². The predicted molar refractivity (Wildman–Crippen MR) is 77.5 cm³/mol. The third-order valence-corrected chi connectivity index (χ3v) is 2.94. The molecule has 1 N–H and O–H groups in total. The topological polar surface area (TPSA) is 125 Å². The van der Waals surface area contributed by atoms with Crippen molar-refractivity contribution in [1.82, 2.24) is 0 Å². The standard InChI is InChI=1S/C14H17NO8/c1-4-8(2)22-14(18)12(13(16)17)23-11-6-5-9(21-3)7-10(11)15(19)20/h5-8,12H,4H2,1-3H3,(H,16,17). The van der Waals surface area contributed by atoms with Gasteiger partial charge in [-0.05, 0) is 25.5 Å². The first-order valence-electron chi connectivity index (χ1n) is 6.72. The van der Waals surface area contributed by atoms with Crippen LogP contribution < -0.4 is 9.47 Å². The lowest BCUT2D eigenvalue weighted by molar-refractivity contribution is -0.386. The zero-order valence-corrected chi connectivity index (χ0v) is 12.8. The lowest BCUT2D eigenvalue weighted by atomic mass is 10.2. The Kier molecular flexibility index (Phi) is 6.31. The summed E-state index contributed by atoms with van der Waals surface area (Å²) in [7, 11) is 1.32. The number of hydrogen-bond donors (Lipinski definition) is 1. The van der Waals surface area contributed by atoms with Gasteiger partial charge in [0.15, 0.2) is 5.75 Å². The Labute approximate surface area is 131 Å². The monoisotopic (exact) mass is 327 g/mol. The fourth-order valence-corrected chi connectivity index (χ4v) is 1.54. The first-order chi connectivity index (χ1) is 10.8. The highest BCUT2D eigenvalue weighted by Crippen LogP contribution is 2.32. The zero-order chi connectivity index (χ0) is 17.6. The second-order valence-corrected chi connectivity index (χ2v) is 4.58. The summed E-state index contributed by atoms with van der Waals surface area (Å²) in [6.45, 7) is 3.34. The summed E-state index contributed by atoms with van der Waals surface area (Å²) in [5.41, 5.74) is -0.521. The predicted octanol–water partition coefficient (Wildman–Crippen LogP) is 1.78. The molecule has 126 valence electrons. The van der Waals surface area contributed by atoms with Crippen LogP contribution in [0, 0.1) is 10.1 Å². The molecule has 0 spiro atoms. The van der Waals surface area contributed by atoms with Gasteiger partial charge in [0, 0.05) is 0 Å². The minimum atomic E-state index is -2.00. The number of rotatable bonds is 8. The van der Waals surface area contributed by atoms with Gasteiger partial charge in [-0.2, -0.15) is 0 Å². The molecule has 1 rings (SSSR count). The van der Waals surface area contributed by atoms with E-state index in [4.69, 9.17) is 19.3 Å². The van der Waals surface area contributed by atoms with Gasteiger partial charge in [0.05, 0.1) is 24.2 Å². The molecule has 0 aliphatic carbocycles. The number of carbonyl (C=O) groups excluding carboxylic acids is 1. The van der Waals surface area contributed by atoms with Crippen LogP contribution >= 0.6 is 0 Å². The number of carboxylic acid groups (broad SMARTS) is 1. The van der Waals surface area contributed by atoms with Crippen LogP contribution in [-0.2, 0) is 14.3 Å². The third-order valence-electron chi connectivity index (χ3n) is 2.94. The Balaban J connectivity index is 3.07. The first kappa shape index (κ1) is 18.2. The molecule has 0 bridgehead atoms. The van der Waals surface area contributed by atoms with Gasteiger partial charge in [-0.1, -0.05) is 6.92 Å². The van der Waals surface area contributed by atoms with E-state index in [0.717, 1.165) is 12.1 Å². The summed E-state index contributed by atoms with van der Waals surface area (Å²) in [6, 6.07) is 3.57. The van der Waals surface area contributed by atoms with Crippen molar-refractivity contribution in [3.05, 3.63) is 28.3 Å². The largest absolute Gasteiger partial charge is 0.496 e. The molecule has 23 heavy (non-hydrogen) atoms. The number of benzene rings is 1. The number of carboxylic acids is 1. The van der Waals surface area contributed by atoms with Crippen molar-refractivity contribution in [2.75, 3.05) is 7.11 Å². The minimum absolute atomic E-state index is 0.193. The van der Waals surface area contributed by atoms with Crippen LogP contribution in [0.4, 0.5) is 5.69 Å². The number of nitrogens with zero attached hydrogens (tertiary/aromatic N) is 1. The van der Waals surface area contributed by atoms with Crippen molar-refractivity contribution >= 4 is 17.6 Å². The molecular formula is C14H17NO8. The van der Waals surface area contributed by atoms with Crippen molar-refractivity contribution in [1.29, 1.82) is 0 Å². The van der Waals surface area contributed by atoms with Crippen LogP contribution in [0.3, 0.4) is 0 Å². The Bertz CT molecular complexity index is 600. The second kappa shape index (κ2) is 7.97. The molecule has 2 unspecified atom stereocenters. The Morgan fingerprint density at radius 1 is 1.39 bits per heavy atom. The molecule has 9 nitrogen and oxygen atoms in total. The van der Waals surface area contributed by atoms with Crippen molar-refractivity contribution in [3.63, 3.8) is 0 Å². The zero-order valence-electron chi connectivity index (χ0n) is 12.8. The van der Waals surface area contributed by atoms with Crippen molar-refractivity contribution in [2.24, 2.45) is 0 Å². The Morgan fingerprint density at radius 3 is 2.52 bits per heavy atom. The summed E-state index contributed by atoms with van der Waals surface area (Å²) in [6.07, 6.45) is -2.02. The van der Waals surface area contributed by atoms with Gasteiger partial charge in [0.1, 0.15) is 5.75 Å². The summed E-state index contributed by atoms with van der Waals surface area (Å²) < 4.78 is 14.8. The third kappa shape index (κ3) is 4.83. The average Bonchev–Trinajstić information content (AvgIpc) is 2.51. The van der Waals surface area contributed by atoms with Gasteiger partial charge < -0.3 is 19.3 Å². The van der Waals surface area contributed by atoms with Gasteiger partial charge in [-0.3, -0.25) is 10.1 Å². The highest BCUT2D eigenvalue weighted by molar-refractivity contribution is 5.97. The molecule has 0 heterocycles.